The second-order valence-corrected chi connectivity index (χ2v) is 10.4. The van der Waals surface area contributed by atoms with E-state index < -0.39 is 0 Å². The number of nitrogens with zero attached hydrogens (tertiary/aromatic N) is 7. The van der Waals surface area contributed by atoms with E-state index in [-0.39, 0.29) is 12.1 Å². The molecule has 5 rings (SSSR count). The molecule has 1 unspecified atom stereocenters. The quantitative estimate of drug-likeness (QED) is 0.560. The minimum atomic E-state index is 0.266. The molecular formula is C26H39N9. The fourth-order valence-electron chi connectivity index (χ4n) is 5.06. The molecule has 2 aromatic heterocycles. The first-order valence-electron chi connectivity index (χ1n) is 12.9. The van der Waals surface area contributed by atoms with E-state index in [1.54, 1.807) is 0 Å². The molecule has 9 heteroatoms. The maximum Gasteiger partial charge on any atom is 0.229 e. The Bertz CT molecular complexity index is 1150. The summed E-state index contributed by atoms with van der Waals surface area (Å²) in [7, 11) is 2.21. The zero-order chi connectivity index (χ0) is 24.5. The van der Waals surface area contributed by atoms with E-state index in [1.807, 2.05) is 6.33 Å². The number of rotatable bonds is 6. The number of aromatic nitrogens is 4. The van der Waals surface area contributed by atoms with Crippen molar-refractivity contribution in [3.63, 3.8) is 0 Å². The lowest BCUT2D eigenvalue weighted by atomic mass is 10.1. The summed E-state index contributed by atoms with van der Waals surface area (Å²) in [4.78, 5) is 21.8. The second kappa shape index (κ2) is 9.99. The number of likely N-dealkylation sites (N-methyl/N-ethyl adjacent to an activating group) is 1. The van der Waals surface area contributed by atoms with Gasteiger partial charge >= 0.3 is 0 Å². The van der Waals surface area contributed by atoms with Crippen LogP contribution in [0.1, 0.15) is 45.2 Å². The van der Waals surface area contributed by atoms with Gasteiger partial charge in [0.05, 0.1) is 6.33 Å². The average molecular weight is 478 g/mol. The number of nitrogens with one attached hydrogen (secondary N) is 1. The summed E-state index contributed by atoms with van der Waals surface area (Å²) < 4.78 is 2.13. The minimum absolute atomic E-state index is 0.266. The predicted octanol–water partition coefficient (Wildman–Crippen LogP) is 3.09. The molecule has 2 fully saturated rings. The highest BCUT2D eigenvalue weighted by Crippen LogP contribution is 2.28. The molecule has 1 atom stereocenters. The van der Waals surface area contributed by atoms with Crippen molar-refractivity contribution < 1.29 is 0 Å². The number of anilines is 3. The number of fused-ring (bicyclic) bond motifs is 1. The van der Waals surface area contributed by atoms with Crippen molar-refractivity contribution in [2.75, 3.05) is 54.9 Å². The van der Waals surface area contributed by atoms with Gasteiger partial charge in [-0.3, -0.25) is 0 Å². The van der Waals surface area contributed by atoms with Gasteiger partial charge in [-0.05, 0) is 52.3 Å². The van der Waals surface area contributed by atoms with E-state index >= 15 is 0 Å². The van der Waals surface area contributed by atoms with Gasteiger partial charge in [-0.25, -0.2) is 4.98 Å². The molecule has 0 bridgehead atoms. The van der Waals surface area contributed by atoms with Crippen LogP contribution in [0.5, 0.6) is 0 Å². The Balaban J connectivity index is 1.44. The lowest BCUT2D eigenvalue weighted by Crippen LogP contribution is -2.50. The molecule has 0 radical (unpaired) electrons. The number of para-hydroxylation sites is 1. The third kappa shape index (κ3) is 4.92. The van der Waals surface area contributed by atoms with Crippen LogP contribution in [0.3, 0.4) is 0 Å². The van der Waals surface area contributed by atoms with E-state index in [1.165, 1.54) is 11.3 Å². The van der Waals surface area contributed by atoms with Crippen molar-refractivity contribution in [3.8, 4) is 0 Å². The second-order valence-electron chi connectivity index (χ2n) is 10.4. The zero-order valence-electron chi connectivity index (χ0n) is 21.5. The first-order chi connectivity index (χ1) is 16.9. The third-order valence-corrected chi connectivity index (χ3v) is 7.53. The summed E-state index contributed by atoms with van der Waals surface area (Å²) in [5.41, 5.74) is 10.4. The smallest absolute Gasteiger partial charge is 0.229 e. The molecule has 1 aromatic carbocycles. The fraction of sp³-hybridized carbons (Fsp3) is 0.577. The SMILES string of the molecule is CC1CN(c2ccccc2CNc2nc(N3CCC(N)CC3)nc3c2ncn3C(C)C)CCN1C. The standard InChI is InChI=1S/C26H39N9/c1-18(2)35-17-29-23-24(30-26(31-25(23)35)33-11-9-21(27)10-12-33)28-15-20-7-5-6-8-22(20)34-14-13-32(4)19(3)16-34/h5-8,17-19,21H,9-16,27H2,1-4H3,(H,28,30,31). The van der Waals surface area contributed by atoms with Crippen LogP contribution in [0.2, 0.25) is 0 Å². The van der Waals surface area contributed by atoms with Crippen molar-refractivity contribution in [2.24, 2.45) is 5.73 Å². The summed E-state index contributed by atoms with van der Waals surface area (Å²) in [6.45, 7) is 12.2. The Morgan fingerprint density at radius 3 is 2.57 bits per heavy atom. The van der Waals surface area contributed by atoms with Crippen LogP contribution in [0.4, 0.5) is 17.5 Å². The number of benzene rings is 1. The Hall–Kier alpha value is -2.91. The molecule has 9 nitrogen and oxygen atoms in total. The molecule has 0 aliphatic carbocycles. The van der Waals surface area contributed by atoms with E-state index in [4.69, 9.17) is 20.7 Å². The van der Waals surface area contributed by atoms with Crippen LogP contribution in [0.15, 0.2) is 30.6 Å². The molecule has 0 amide bonds. The maximum atomic E-state index is 6.15. The molecular weight excluding hydrogens is 438 g/mol. The predicted molar refractivity (Wildman–Crippen MR) is 143 cm³/mol. The Morgan fingerprint density at radius 1 is 1.06 bits per heavy atom. The van der Waals surface area contributed by atoms with Crippen molar-refractivity contribution in [1.82, 2.24) is 24.4 Å². The highest BCUT2D eigenvalue weighted by molar-refractivity contribution is 5.84. The summed E-state index contributed by atoms with van der Waals surface area (Å²) in [5, 5.41) is 3.63. The minimum Gasteiger partial charge on any atom is -0.368 e. The van der Waals surface area contributed by atoms with Crippen LogP contribution in [-0.2, 0) is 6.54 Å². The molecule has 2 saturated heterocycles. The average Bonchev–Trinajstić information content (AvgIpc) is 3.29. The van der Waals surface area contributed by atoms with Gasteiger partial charge in [0.15, 0.2) is 17.0 Å². The van der Waals surface area contributed by atoms with Crippen molar-refractivity contribution >= 4 is 28.6 Å². The number of nitrogens with two attached hydrogens (primary N) is 1. The Labute approximate surface area is 208 Å². The lowest BCUT2D eigenvalue weighted by molar-refractivity contribution is 0.234. The maximum absolute atomic E-state index is 6.15. The lowest BCUT2D eigenvalue weighted by Gasteiger charge is -2.39. The summed E-state index contributed by atoms with van der Waals surface area (Å²) in [5.74, 6) is 1.55. The molecule has 188 valence electrons. The number of piperidine rings is 1. The van der Waals surface area contributed by atoms with E-state index in [9.17, 15) is 0 Å². The van der Waals surface area contributed by atoms with Crippen LogP contribution in [-0.4, -0.2) is 76.3 Å². The number of imidazole rings is 1. The van der Waals surface area contributed by atoms with Gasteiger partial charge in [0, 0.05) is 63.1 Å². The van der Waals surface area contributed by atoms with Crippen molar-refractivity contribution in [3.05, 3.63) is 36.2 Å². The van der Waals surface area contributed by atoms with Gasteiger partial charge in [-0.2, -0.15) is 9.97 Å². The monoisotopic (exact) mass is 477 g/mol. The first kappa shape index (κ1) is 23.8. The van der Waals surface area contributed by atoms with Gasteiger partial charge in [0.1, 0.15) is 0 Å². The topological polar surface area (TPSA) is 91.4 Å². The van der Waals surface area contributed by atoms with Crippen molar-refractivity contribution in [1.29, 1.82) is 0 Å². The number of hydrogen-bond donors (Lipinski definition) is 2. The molecule has 2 aliphatic rings. The van der Waals surface area contributed by atoms with E-state index in [2.05, 4.69) is 76.7 Å². The number of piperazine rings is 1. The molecule has 3 N–H and O–H groups in total. The first-order valence-corrected chi connectivity index (χ1v) is 12.9. The molecule has 3 aromatic rings. The zero-order valence-corrected chi connectivity index (χ0v) is 21.5. The van der Waals surface area contributed by atoms with Gasteiger partial charge in [0.2, 0.25) is 5.95 Å². The fourth-order valence-corrected chi connectivity index (χ4v) is 5.06. The molecule has 2 aliphatic heterocycles. The van der Waals surface area contributed by atoms with Crippen LogP contribution in [0.25, 0.3) is 11.2 Å². The number of hydrogen-bond acceptors (Lipinski definition) is 8. The van der Waals surface area contributed by atoms with Crippen LogP contribution < -0.4 is 20.9 Å². The van der Waals surface area contributed by atoms with E-state index in [0.717, 1.165) is 68.5 Å². The molecule has 0 saturated carbocycles. The highest BCUT2D eigenvalue weighted by Gasteiger charge is 2.24. The molecule has 35 heavy (non-hydrogen) atoms. The van der Waals surface area contributed by atoms with Crippen LogP contribution >= 0.6 is 0 Å². The molecule has 0 spiro atoms. The van der Waals surface area contributed by atoms with Gasteiger partial charge < -0.3 is 30.3 Å². The van der Waals surface area contributed by atoms with E-state index in [0.29, 0.717) is 12.6 Å². The third-order valence-electron chi connectivity index (χ3n) is 7.53. The van der Waals surface area contributed by atoms with Gasteiger partial charge in [-0.1, -0.05) is 18.2 Å². The van der Waals surface area contributed by atoms with Crippen LogP contribution in [0, 0.1) is 0 Å². The van der Waals surface area contributed by atoms with Crippen molar-refractivity contribution in [2.45, 2.75) is 58.3 Å². The Morgan fingerprint density at radius 2 is 1.83 bits per heavy atom. The largest absolute Gasteiger partial charge is 0.368 e. The molecule has 4 heterocycles. The van der Waals surface area contributed by atoms with Gasteiger partial charge in [0.25, 0.3) is 0 Å². The summed E-state index contributed by atoms with van der Waals surface area (Å²) in [6, 6.07) is 9.77. The normalized spacial score (nSPS) is 20.2. The summed E-state index contributed by atoms with van der Waals surface area (Å²) in [6.07, 6.45) is 3.81. The highest BCUT2D eigenvalue weighted by atomic mass is 15.3. The van der Waals surface area contributed by atoms with Gasteiger partial charge in [-0.15, -0.1) is 0 Å². The Kier molecular flexibility index (Phi) is 6.80. The summed E-state index contributed by atoms with van der Waals surface area (Å²) >= 11 is 0.